The maximum absolute atomic E-state index is 4.51. The smallest absolute Gasteiger partial charge is 0.0125 e. The minimum atomic E-state index is 1.03. The monoisotopic (exact) mass is 210 g/mol. The number of benzene rings is 2. The lowest BCUT2D eigenvalue weighted by Gasteiger charge is -2.02. The van der Waals surface area contributed by atoms with Crippen LogP contribution < -0.4 is 0 Å². The van der Waals surface area contributed by atoms with Gasteiger partial charge in [0.1, 0.15) is 0 Å². The van der Waals surface area contributed by atoms with Crippen molar-refractivity contribution in [3.8, 4) is 11.1 Å². The lowest BCUT2D eigenvalue weighted by molar-refractivity contribution is 1.46. The zero-order valence-electron chi connectivity index (χ0n) is 8.20. The van der Waals surface area contributed by atoms with Gasteiger partial charge in [-0.1, -0.05) is 43.0 Å². The molecule has 0 fully saturated rings. The first-order valence-corrected chi connectivity index (χ1v) is 5.35. The molecule has 0 nitrogen and oxygen atoms in total. The molecule has 0 unspecified atom stereocenters. The van der Waals surface area contributed by atoms with Crippen molar-refractivity contribution >= 4 is 18.2 Å². The Hall–Kier alpha value is -1.47. The van der Waals surface area contributed by atoms with Gasteiger partial charge in [0.25, 0.3) is 0 Å². The molecule has 0 N–H and O–H groups in total. The van der Waals surface area contributed by atoms with Crippen molar-refractivity contribution < 1.29 is 0 Å². The van der Waals surface area contributed by atoms with E-state index >= 15 is 0 Å². The Bertz CT molecular complexity index is 567. The summed E-state index contributed by atoms with van der Waals surface area (Å²) in [7, 11) is 0. The zero-order valence-corrected chi connectivity index (χ0v) is 9.09. The normalized spacial score (nSPS) is 12.5. The summed E-state index contributed by atoms with van der Waals surface area (Å²) in [5, 5.41) is 0. The molecule has 0 heterocycles. The van der Waals surface area contributed by atoms with Gasteiger partial charge in [0.2, 0.25) is 0 Å². The molecule has 0 aliphatic heterocycles. The topological polar surface area (TPSA) is 0 Å². The van der Waals surface area contributed by atoms with E-state index in [9.17, 15) is 0 Å². The standard InChI is InChI=1S/C14H10S/c1-9-10-5-2-3-6-12(10)14-11(9)7-4-8-13(14)15/h2-8,15H,1H2. The molecule has 3 rings (SSSR count). The Morgan fingerprint density at radius 2 is 1.47 bits per heavy atom. The van der Waals surface area contributed by atoms with Crippen molar-refractivity contribution in [1.82, 2.24) is 0 Å². The Kier molecular flexibility index (Phi) is 1.77. The molecule has 0 amide bonds. The number of fused-ring (bicyclic) bond motifs is 3. The first kappa shape index (κ1) is 8.81. The summed E-state index contributed by atoms with van der Waals surface area (Å²) >= 11 is 4.51. The van der Waals surface area contributed by atoms with Crippen LogP contribution in [0.4, 0.5) is 0 Å². The van der Waals surface area contributed by atoms with Gasteiger partial charge in [-0.3, -0.25) is 0 Å². The highest BCUT2D eigenvalue weighted by Crippen LogP contribution is 2.45. The Morgan fingerprint density at radius 3 is 2.27 bits per heavy atom. The Balaban J connectivity index is 2.45. The molecule has 72 valence electrons. The second-order valence-electron chi connectivity index (χ2n) is 3.72. The fourth-order valence-electron chi connectivity index (χ4n) is 2.18. The molecule has 0 radical (unpaired) electrons. The molecular formula is C14H10S. The highest BCUT2D eigenvalue weighted by Gasteiger charge is 2.22. The number of hydrogen-bond acceptors (Lipinski definition) is 1. The van der Waals surface area contributed by atoms with E-state index in [-0.39, 0.29) is 0 Å². The maximum Gasteiger partial charge on any atom is 0.0125 e. The molecule has 0 saturated heterocycles. The van der Waals surface area contributed by atoms with Crippen LogP contribution in [0.5, 0.6) is 0 Å². The predicted octanol–water partition coefficient (Wildman–Crippen LogP) is 4.02. The molecule has 2 aromatic carbocycles. The van der Waals surface area contributed by atoms with Crippen molar-refractivity contribution in [2.75, 3.05) is 0 Å². The molecule has 1 aliphatic carbocycles. The molecular weight excluding hydrogens is 200 g/mol. The average molecular weight is 210 g/mol. The summed E-state index contributed by atoms with van der Waals surface area (Å²) in [5.41, 5.74) is 6.03. The first-order chi connectivity index (χ1) is 7.29. The molecule has 2 aromatic rings. The lowest BCUT2D eigenvalue weighted by atomic mass is 10.1. The summed E-state index contributed by atoms with van der Waals surface area (Å²) < 4.78 is 0. The van der Waals surface area contributed by atoms with Crippen molar-refractivity contribution in [1.29, 1.82) is 0 Å². The molecule has 0 bridgehead atoms. The van der Waals surface area contributed by atoms with Gasteiger partial charge in [0.05, 0.1) is 0 Å². The quantitative estimate of drug-likeness (QED) is 0.532. The number of rotatable bonds is 0. The van der Waals surface area contributed by atoms with Crippen molar-refractivity contribution in [3.63, 3.8) is 0 Å². The van der Waals surface area contributed by atoms with Gasteiger partial charge < -0.3 is 0 Å². The number of hydrogen-bond donors (Lipinski definition) is 1. The highest BCUT2D eigenvalue weighted by molar-refractivity contribution is 7.80. The van der Waals surface area contributed by atoms with Gasteiger partial charge >= 0.3 is 0 Å². The van der Waals surface area contributed by atoms with Crippen LogP contribution in [0.2, 0.25) is 0 Å². The zero-order chi connectivity index (χ0) is 10.4. The van der Waals surface area contributed by atoms with E-state index in [4.69, 9.17) is 0 Å². The third-order valence-electron chi connectivity index (χ3n) is 2.89. The molecule has 15 heavy (non-hydrogen) atoms. The van der Waals surface area contributed by atoms with Gasteiger partial charge in [-0.25, -0.2) is 0 Å². The first-order valence-electron chi connectivity index (χ1n) is 4.90. The fraction of sp³-hybridized carbons (Fsp3) is 0. The van der Waals surface area contributed by atoms with Crippen LogP contribution in [0, 0.1) is 0 Å². The van der Waals surface area contributed by atoms with Crippen LogP contribution in [-0.2, 0) is 0 Å². The third kappa shape index (κ3) is 1.10. The van der Waals surface area contributed by atoms with Gasteiger partial charge in [0.15, 0.2) is 0 Å². The van der Waals surface area contributed by atoms with E-state index in [1.165, 1.54) is 22.3 Å². The summed E-state index contributed by atoms with van der Waals surface area (Å²) in [5.74, 6) is 0. The Labute approximate surface area is 94.7 Å². The van der Waals surface area contributed by atoms with Crippen LogP contribution in [0.15, 0.2) is 53.9 Å². The summed E-state index contributed by atoms with van der Waals surface area (Å²) in [6, 6.07) is 14.5. The van der Waals surface area contributed by atoms with Gasteiger partial charge in [-0.15, -0.1) is 12.6 Å². The van der Waals surface area contributed by atoms with Gasteiger partial charge in [-0.2, -0.15) is 0 Å². The van der Waals surface area contributed by atoms with Crippen molar-refractivity contribution in [3.05, 3.63) is 60.2 Å². The second kappa shape index (κ2) is 3.01. The van der Waals surface area contributed by atoms with Crippen molar-refractivity contribution in [2.45, 2.75) is 4.90 Å². The lowest BCUT2D eigenvalue weighted by Crippen LogP contribution is -1.79. The fourth-order valence-corrected chi connectivity index (χ4v) is 2.51. The van der Waals surface area contributed by atoms with E-state index < -0.39 is 0 Å². The van der Waals surface area contributed by atoms with Gasteiger partial charge in [-0.05, 0) is 28.3 Å². The van der Waals surface area contributed by atoms with E-state index in [2.05, 4.69) is 43.5 Å². The molecule has 1 aliphatic rings. The predicted molar refractivity (Wildman–Crippen MR) is 67.3 cm³/mol. The molecule has 0 aromatic heterocycles. The highest BCUT2D eigenvalue weighted by atomic mass is 32.1. The van der Waals surface area contributed by atoms with E-state index in [0.717, 1.165) is 10.5 Å². The summed E-state index contributed by atoms with van der Waals surface area (Å²) in [6.45, 7) is 4.14. The third-order valence-corrected chi connectivity index (χ3v) is 3.26. The summed E-state index contributed by atoms with van der Waals surface area (Å²) in [4.78, 5) is 1.03. The average Bonchev–Trinajstić information content (AvgIpc) is 2.55. The number of thiol groups is 1. The molecule has 1 heteroatoms. The van der Waals surface area contributed by atoms with Crippen LogP contribution in [-0.4, -0.2) is 0 Å². The Morgan fingerprint density at radius 1 is 0.800 bits per heavy atom. The molecule has 0 saturated carbocycles. The minimum Gasteiger partial charge on any atom is -0.143 e. The minimum absolute atomic E-state index is 1.03. The van der Waals surface area contributed by atoms with Crippen LogP contribution >= 0.6 is 12.6 Å². The second-order valence-corrected chi connectivity index (χ2v) is 4.21. The summed E-state index contributed by atoms with van der Waals surface area (Å²) in [6.07, 6.45) is 0. The maximum atomic E-state index is 4.51. The van der Waals surface area contributed by atoms with E-state index in [1.54, 1.807) is 0 Å². The van der Waals surface area contributed by atoms with E-state index in [1.807, 2.05) is 18.2 Å². The molecule has 0 spiro atoms. The molecule has 0 atom stereocenters. The SMILES string of the molecule is C=C1c2ccccc2-c2c(S)cccc21. The largest absolute Gasteiger partial charge is 0.143 e. The van der Waals surface area contributed by atoms with Crippen molar-refractivity contribution in [2.24, 2.45) is 0 Å². The van der Waals surface area contributed by atoms with E-state index in [0.29, 0.717) is 0 Å². The van der Waals surface area contributed by atoms with Crippen LogP contribution in [0.3, 0.4) is 0 Å². The van der Waals surface area contributed by atoms with Crippen LogP contribution in [0.1, 0.15) is 11.1 Å². The van der Waals surface area contributed by atoms with Gasteiger partial charge in [0, 0.05) is 10.5 Å². The van der Waals surface area contributed by atoms with Crippen LogP contribution in [0.25, 0.3) is 16.7 Å².